The number of fused-ring (bicyclic) bond motifs is 1. The van der Waals surface area contributed by atoms with Crippen LogP contribution in [0.3, 0.4) is 0 Å². The van der Waals surface area contributed by atoms with Crippen LogP contribution in [0, 0.1) is 5.41 Å². The molecule has 2 aliphatic heterocycles. The lowest BCUT2D eigenvalue weighted by Crippen LogP contribution is -2.48. The number of nitrogens with zero attached hydrogens (tertiary/aromatic N) is 5. The summed E-state index contributed by atoms with van der Waals surface area (Å²) in [5, 5.41) is 9.49. The van der Waals surface area contributed by atoms with Crippen LogP contribution in [0.25, 0.3) is 0 Å². The number of carbonyl (C=O) groups is 1. The van der Waals surface area contributed by atoms with E-state index in [2.05, 4.69) is 41.5 Å². The van der Waals surface area contributed by atoms with E-state index in [0.29, 0.717) is 24.2 Å². The minimum Gasteiger partial charge on any atom is -0.465 e. The van der Waals surface area contributed by atoms with E-state index in [4.69, 9.17) is 4.98 Å². The van der Waals surface area contributed by atoms with Crippen molar-refractivity contribution in [1.82, 2.24) is 9.88 Å². The lowest BCUT2D eigenvalue weighted by molar-refractivity contribution is 0.182. The van der Waals surface area contributed by atoms with E-state index >= 15 is 0 Å². The second kappa shape index (κ2) is 8.14. The molecule has 1 aromatic carbocycles. The first-order valence-corrected chi connectivity index (χ1v) is 10.6. The van der Waals surface area contributed by atoms with Gasteiger partial charge in [-0.15, -0.1) is 0 Å². The summed E-state index contributed by atoms with van der Waals surface area (Å²) in [6, 6.07) is 11.8. The molecule has 1 amide bonds. The summed E-state index contributed by atoms with van der Waals surface area (Å²) >= 11 is 0. The quantitative estimate of drug-likeness (QED) is 0.830. The molecule has 0 aliphatic carbocycles. The van der Waals surface area contributed by atoms with Crippen molar-refractivity contribution in [3.05, 3.63) is 42.6 Å². The highest BCUT2D eigenvalue weighted by Gasteiger charge is 2.28. The third kappa shape index (κ3) is 4.36. The Balaban J connectivity index is 1.46. The third-order valence-corrected chi connectivity index (χ3v) is 5.69. The van der Waals surface area contributed by atoms with Gasteiger partial charge in [0.05, 0.1) is 23.3 Å². The summed E-state index contributed by atoms with van der Waals surface area (Å²) in [7, 11) is 0. The van der Waals surface area contributed by atoms with E-state index < -0.39 is 6.09 Å². The van der Waals surface area contributed by atoms with Crippen molar-refractivity contribution >= 4 is 29.0 Å². The molecule has 30 heavy (non-hydrogen) atoms. The van der Waals surface area contributed by atoms with Crippen molar-refractivity contribution in [2.75, 3.05) is 60.5 Å². The predicted octanol–water partition coefficient (Wildman–Crippen LogP) is 3.89. The molecule has 1 saturated heterocycles. The topological polar surface area (TPSA) is 63.2 Å². The van der Waals surface area contributed by atoms with Crippen LogP contribution >= 0.6 is 0 Å². The zero-order chi connectivity index (χ0) is 21.3. The van der Waals surface area contributed by atoms with E-state index in [1.807, 2.05) is 36.5 Å². The molecule has 1 N–H and O–H groups in total. The minimum absolute atomic E-state index is 0.326. The van der Waals surface area contributed by atoms with Crippen LogP contribution in [0.2, 0.25) is 0 Å². The Morgan fingerprint density at radius 1 is 0.967 bits per heavy atom. The van der Waals surface area contributed by atoms with Gasteiger partial charge in [-0.1, -0.05) is 32.9 Å². The van der Waals surface area contributed by atoms with Gasteiger partial charge in [-0.2, -0.15) is 0 Å². The van der Waals surface area contributed by atoms with Crippen molar-refractivity contribution in [2.45, 2.75) is 20.8 Å². The maximum absolute atomic E-state index is 11.6. The van der Waals surface area contributed by atoms with E-state index in [9.17, 15) is 9.90 Å². The Hall–Kier alpha value is -2.80. The number of piperazine rings is 1. The van der Waals surface area contributed by atoms with E-state index in [-0.39, 0.29) is 0 Å². The number of benzene rings is 1. The molecule has 3 heterocycles. The Labute approximate surface area is 178 Å². The molecule has 1 fully saturated rings. The van der Waals surface area contributed by atoms with Gasteiger partial charge in [0.25, 0.3) is 0 Å². The second-order valence-corrected chi connectivity index (χ2v) is 9.27. The fourth-order valence-corrected chi connectivity index (χ4v) is 4.36. The highest BCUT2D eigenvalue weighted by atomic mass is 16.4. The highest BCUT2D eigenvalue weighted by molar-refractivity contribution is 5.93. The van der Waals surface area contributed by atoms with E-state index in [1.54, 1.807) is 0 Å². The average Bonchev–Trinajstić information content (AvgIpc) is 2.72. The zero-order valence-electron chi connectivity index (χ0n) is 18.1. The van der Waals surface area contributed by atoms with Crippen LogP contribution in [0.4, 0.5) is 27.7 Å². The van der Waals surface area contributed by atoms with E-state index in [0.717, 1.165) is 49.9 Å². The summed E-state index contributed by atoms with van der Waals surface area (Å²) in [5.41, 5.74) is 3.05. The van der Waals surface area contributed by atoms with Gasteiger partial charge in [-0.3, -0.25) is 9.80 Å². The molecule has 4 rings (SSSR count). The number of rotatable bonds is 3. The molecule has 2 aromatic rings. The normalized spacial score (nSPS) is 17.8. The number of carboxylic acid groups (broad SMARTS) is 1. The van der Waals surface area contributed by atoms with Crippen molar-refractivity contribution in [3.63, 3.8) is 0 Å². The highest BCUT2D eigenvalue weighted by Crippen LogP contribution is 2.37. The fraction of sp³-hybridized carbons (Fsp3) is 0.478. The molecule has 0 spiro atoms. The van der Waals surface area contributed by atoms with E-state index in [1.165, 1.54) is 4.90 Å². The first-order chi connectivity index (χ1) is 14.3. The predicted molar refractivity (Wildman–Crippen MR) is 121 cm³/mol. The van der Waals surface area contributed by atoms with Gasteiger partial charge in [-0.25, -0.2) is 9.78 Å². The van der Waals surface area contributed by atoms with Crippen LogP contribution in [0.15, 0.2) is 42.6 Å². The summed E-state index contributed by atoms with van der Waals surface area (Å²) in [5.74, 6) is 0.850. The average molecular weight is 410 g/mol. The Kier molecular flexibility index (Phi) is 5.56. The van der Waals surface area contributed by atoms with Crippen LogP contribution < -0.4 is 14.7 Å². The molecule has 7 heteroatoms. The SMILES string of the molecule is CC(C)(C)CN1CCN(c2ccc(N3CCN(C(=O)O)c4ccccc43)nc2)CC1. The van der Waals surface area contributed by atoms with Crippen LogP contribution in [0.1, 0.15) is 20.8 Å². The Bertz CT molecular complexity index is 885. The van der Waals surface area contributed by atoms with Crippen molar-refractivity contribution in [1.29, 1.82) is 0 Å². The summed E-state index contributed by atoms with van der Waals surface area (Å²) in [6.07, 6.45) is 1.03. The number of amides is 1. The molecule has 0 unspecified atom stereocenters. The lowest BCUT2D eigenvalue weighted by Gasteiger charge is -2.39. The van der Waals surface area contributed by atoms with Crippen LogP contribution in [-0.2, 0) is 0 Å². The van der Waals surface area contributed by atoms with Gasteiger partial charge in [0.1, 0.15) is 5.82 Å². The Morgan fingerprint density at radius 3 is 2.27 bits per heavy atom. The second-order valence-electron chi connectivity index (χ2n) is 9.27. The van der Waals surface area contributed by atoms with Gasteiger partial charge in [0, 0.05) is 45.8 Å². The van der Waals surface area contributed by atoms with Crippen LogP contribution in [0.5, 0.6) is 0 Å². The first-order valence-electron chi connectivity index (χ1n) is 10.6. The molecule has 0 atom stereocenters. The fourth-order valence-electron chi connectivity index (χ4n) is 4.36. The molecule has 7 nitrogen and oxygen atoms in total. The van der Waals surface area contributed by atoms with Gasteiger partial charge in [0.15, 0.2) is 0 Å². The van der Waals surface area contributed by atoms with Gasteiger partial charge >= 0.3 is 6.09 Å². The number of aromatic nitrogens is 1. The smallest absolute Gasteiger partial charge is 0.411 e. The zero-order valence-corrected chi connectivity index (χ0v) is 18.1. The molecule has 0 bridgehead atoms. The minimum atomic E-state index is -0.920. The summed E-state index contributed by atoms with van der Waals surface area (Å²) in [4.78, 5) is 24.7. The summed E-state index contributed by atoms with van der Waals surface area (Å²) in [6.45, 7) is 13.2. The van der Waals surface area contributed by atoms with Crippen LogP contribution in [-0.4, -0.2) is 66.9 Å². The molecule has 2 aliphatic rings. The number of hydrogen-bond donors (Lipinski definition) is 1. The van der Waals surface area contributed by atoms with Crippen molar-refractivity contribution in [2.24, 2.45) is 5.41 Å². The molecular weight excluding hydrogens is 378 g/mol. The van der Waals surface area contributed by atoms with Gasteiger partial charge in [0.2, 0.25) is 0 Å². The molecular formula is C23H31N5O2. The monoisotopic (exact) mass is 409 g/mol. The third-order valence-electron chi connectivity index (χ3n) is 5.69. The van der Waals surface area contributed by atoms with Crippen molar-refractivity contribution in [3.8, 4) is 0 Å². The standard InChI is InChI=1S/C23H31N5O2/c1-23(2,3)17-25-10-12-26(13-11-25)18-8-9-21(24-16-18)27-14-15-28(22(29)30)20-7-5-4-6-19(20)27/h4-9,16H,10-15,17H2,1-3H3,(H,29,30). The number of hydrogen-bond acceptors (Lipinski definition) is 5. The number of para-hydroxylation sites is 2. The van der Waals surface area contributed by atoms with Crippen molar-refractivity contribution < 1.29 is 9.90 Å². The first kappa shape index (κ1) is 20.5. The molecule has 0 saturated carbocycles. The lowest BCUT2D eigenvalue weighted by atomic mass is 9.96. The molecule has 160 valence electrons. The number of anilines is 4. The number of pyridine rings is 1. The maximum Gasteiger partial charge on any atom is 0.411 e. The molecule has 0 radical (unpaired) electrons. The maximum atomic E-state index is 11.6. The molecule has 1 aromatic heterocycles. The Morgan fingerprint density at radius 2 is 1.67 bits per heavy atom. The van der Waals surface area contributed by atoms with Gasteiger partial charge in [-0.05, 0) is 29.7 Å². The largest absolute Gasteiger partial charge is 0.465 e. The summed E-state index contributed by atoms with van der Waals surface area (Å²) < 4.78 is 0. The van der Waals surface area contributed by atoms with Gasteiger partial charge < -0.3 is 14.9 Å².